The van der Waals surface area contributed by atoms with E-state index >= 15 is 0 Å². The number of ether oxygens (including phenoxy) is 1. The van der Waals surface area contributed by atoms with Crippen LogP contribution in [0.25, 0.3) is 10.9 Å². The average Bonchev–Trinajstić information content (AvgIpc) is 3.17. The van der Waals surface area contributed by atoms with Crippen LogP contribution in [0.3, 0.4) is 0 Å². The van der Waals surface area contributed by atoms with E-state index in [0.29, 0.717) is 5.56 Å². The summed E-state index contributed by atoms with van der Waals surface area (Å²) in [5.74, 6) is 0.911. The normalized spacial score (nSPS) is 24.3. The standard InChI is InChI=1S/C17H16BrN3O/c18-13-2-3-15-14(9-13)12(10-19)8-16(20-15)21-6-1-4-17(21)5-7-22-11-17/h2-3,8-9H,1,4-7,11H2. The van der Waals surface area contributed by atoms with Gasteiger partial charge in [0.25, 0.3) is 0 Å². The molecular formula is C17H16BrN3O. The highest BCUT2D eigenvalue weighted by molar-refractivity contribution is 9.10. The largest absolute Gasteiger partial charge is 0.379 e. The van der Waals surface area contributed by atoms with Crippen molar-refractivity contribution in [3.05, 3.63) is 34.3 Å². The molecule has 0 N–H and O–H groups in total. The van der Waals surface area contributed by atoms with Crippen LogP contribution in [0.2, 0.25) is 0 Å². The van der Waals surface area contributed by atoms with Gasteiger partial charge in [0.2, 0.25) is 0 Å². The second-order valence-corrected chi connectivity index (χ2v) is 7.00. The molecule has 0 bridgehead atoms. The number of hydrogen-bond acceptors (Lipinski definition) is 4. The maximum Gasteiger partial charge on any atom is 0.131 e. The molecule has 22 heavy (non-hydrogen) atoms. The lowest BCUT2D eigenvalue weighted by molar-refractivity contribution is 0.178. The van der Waals surface area contributed by atoms with E-state index in [-0.39, 0.29) is 5.54 Å². The van der Waals surface area contributed by atoms with E-state index in [1.165, 1.54) is 0 Å². The zero-order valence-corrected chi connectivity index (χ0v) is 13.8. The van der Waals surface area contributed by atoms with Crippen molar-refractivity contribution in [3.63, 3.8) is 0 Å². The van der Waals surface area contributed by atoms with Gasteiger partial charge in [0.1, 0.15) is 5.82 Å². The van der Waals surface area contributed by atoms with Crippen molar-refractivity contribution in [3.8, 4) is 6.07 Å². The number of aromatic nitrogens is 1. The molecule has 0 aliphatic carbocycles. The highest BCUT2D eigenvalue weighted by atomic mass is 79.9. The summed E-state index contributed by atoms with van der Waals surface area (Å²) in [6.07, 6.45) is 3.36. The molecule has 4 rings (SSSR count). The maximum atomic E-state index is 9.51. The molecular weight excluding hydrogens is 342 g/mol. The monoisotopic (exact) mass is 357 g/mol. The lowest BCUT2D eigenvalue weighted by Gasteiger charge is -2.34. The van der Waals surface area contributed by atoms with Crippen LogP contribution in [-0.4, -0.2) is 30.3 Å². The molecule has 0 amide bonds. The van der Waals surface area contributed by atoms with Crippen LogP contribution in [0.4, 0.5) is 5.82 Å². The Bertz CT molecular complexity index is 772. The first-order valence-electron chi connectivity index (χ1n) is 7.58. The smallest absolute Gasteiger partial charge is 0.131 e. The highest BCUT2D eigenvalue weighted by Crippen LogP contribution is 2.40. The SMILES string of the molecule is N#Cc1cc(N2CCCC23CCOC3)nc2ccc(Br)cc12. The Labute approximate surface area is 137 Å². The van der Waals surface area contributed by atoms with E-state index in [2.05, 4.69) is 26.9 Å². The first kappa shape index (κ1) is 14.0. The molecule has 4 nitrogen and oxygen atoms in total. The van der Waals surface area contributed by atoms with Crippen LogP contribution in [-0.2, 0) is 4.74 Å². The number of fused-ring (bicyclic) bond motifs is 1. The summed E-state index contributed by atoms with van der Waals surface area (Å²) in [5.41, 5.74) is 1.64. The lowest BCUT2D eigenvalue weighted by atomic mass is 9.95. The molecule has 1 unspecified atom stereocenters. The molecule has 2 aliphatic rings. The van der Waals surface area contributed by atoms with E-state index in [4.69, 9.17) is 9.72 Å². The van der Waals surface area contributed by atoms with Crippen molar-refractivity contribution in [1.82, 2.24) is 4.98 Å². The van der Waals surface area contributed by atoms with E-state index in [9.17, 15) is 5.26 Å². The van der Waals surface area contributed by atoms with Gasteiger partial charge in [-0.05, 0) is 43.5 Å². The summed E-state index contributed by atoms with van der Waals surface area (Å²) in [7, 11) is 0. The Balaban J connectivity index is 1.86. The Morgan fingerprint density at radius 3 is 3.00 bits per heavy atom. The van der Waals surface area contributed by atoms with Crippen molar-refractivity contribution < 1.29 is 4.74 Å². The molecule has 1 aromatic carbocycles. The van der Waals surface area contributed by atoms with Gasteiger partial charge in [-0.15, -0.1) is 0 Å². The van der Waals surface area contributed by atoms with Crippen LogP contribution in [0.1, 0.15) is 24.8 Å². The molecule has 2 saturated heterocycles. The van der Waals surface area contributed by atoms with Gasteiger partial charge in [-0.2, -0.15) is 5.26 Å². The van der Waals surface area contributed by atoms with Crippen molar-refractivity contribution in [2.24, 2.45) is 0 Å². The molecule has 2 fully saturated rings. The van der Waals surface area contributed by atoms with E-state index in [1.54, 1.807) is 0 Å². The fourth-order valence-electron chi connectivity index (χ4n) is 3.72. The van der Waals surface area contributed by atoms with Gasteiger partial charge >= 0.3 is 0 Å². The van der Waals surface area contributed by atoms with Crippen LogP contribution in [0, 0.1) is 11.3 Å². The minimum atomic E-state index is 0.0861. The summed E-state index contributed by atoms with van der Waals surface area (Å²) in [5, 5.41) is 10.4. The van der Waals surface area contributed by atoms with Crippen LogP contribution in [0.15, 0.2) is 28.7 Å². The third-order valence-corrected chi connectivity index (χ3v) is 5.33. The quantitative estimate of drug-likeness (QED) is 0.781. The molecule has 2 aromatic rings. The summed E-state index contributed by atoms with van der Waals surface area (Å²) in [6, 6.07) is 10.2. The molecule has 1 atom stereocenters. The van der Waals surface area contributed by atoms with E-state index < -0.39 is 0 Å². The predicted octanol–water partition coefficient (Wildman–Crippen LogP) is 3.63. The number of anilines is 1. The average molecular weight is 358 g/mol. The van der Waals surface area contributed by atoms with Gasteiger partial charge < -0.3 is 9.64 Å². The topological polar surface area (TPSA) is 49.2 Å². The molecule has 0 saturated carbocycles. The third kappa shape index (κ3) is 2.10. The Hall–Kier alpha value is -1.64. The molecule has 1 spiro atoms. The minimum Gasteiger partial charge on any atom is -0.379 e. The summed E-state index contributed by atoms with van der Waals surface area (Å²) < 4.78 is 6.62. The first-order valence-corrected chi connectivity index (χ1v) is 8.37. The predicted molar refractivity (Wildman–Crippen MR) is 88.9 cm³/mol. The van der Waals surface area contributed by atoms with Gasteiger partial charge in [0.15, 0.2) is 0 Å². The lowest BCUT2D eigenvalue weighted by Crippen LogP contribution is -2.45. The highest BCUT2D eigenvalue weighted by Gasteiger charge is 2.44. The van der Waals surface area contributed by atoms with Crippen LogP contribution >= 0.6 is 15.9 Å². The summed E-state index contributed by atoms with van der Waals surface area (Å²) in [6.45, 7) is 2.58. The number of rotatable bonds is 1. The zero-order chi connectivity index (χ0) is 15.2. The van der Waals surface area contributed by atoms with Crippen molar-refractivity contribution in [2.45, 2.75) is 24.8 Å². The molecule has 0 radical (unpaired) electrons. The molecule has 3 heterocycles. The second kappa shape index (κ2) is 5.22. The fourth-order valence-corrected chi connectivity index (χ4v) is 4.08. The van der Waals surface area contributed by atoms with E-state index in [0.717, 1.165) is 60.2 Å². The van der Waals surface area contributed by atoms with Gasteiger partial charge in [0.05, 0.1) is 29.3 Å². The van der Waals surface area contributed by atoms with Crippen LogP contribution < -0.4 is 4.90 Å². The molecule has 2 aliphatic heterocycles. The zero-order valence-electron chi connectivity index (χ0n) is 12.2. The summed E-state index contributed by atoms with van der Waals surface area (Å²) >= 11 is 3.47. The van der Waals surface area contributed by atoms with Gasteiger partial charge in [-0.3, -0.25) is 0 Å². The number of benzene rings is 1. The van der Waals surface area contributed by atoms with Gasteiger partial charge in [-0.25, -0.2) is 4.98 Å². The fraction of sp³-hybridized carbons (Fsp3) is 0.412. The Morgan fingerprint density at radius 2 is 2.23 bits per heavy atom. The number of hydrogen-bond donors (Lipinski definition) is 0. The Morgan fingerprint density at radius 1 is 1.32 bits per heavy atom. The minimum absolute atomic E-state index is 0.0861. The second-order valence-electron chi connectivity index (χ2n) is 6.08. The Kier molecular flexibility index (Phi) is 3.32. The summed E-state index contributed by atoms with van der Waals surface area (Å²) in [4.78, 5) is 7.19. The van der Waals surface area contributed by atoms with Crippen molar-refractivity contribution >= 4 is 32.7 Å². The number of pyridine rings is 1. The molecule has 1 aromatic heterocycles. The maximum absolute atomic E-state index is 9.51. The number of nitriles is 1. The van der Waals surface area contributed by atoms with E-state index in [1.807, 2.05) is 24.3 Å². The van der Waals surface area contributed by atoms with Gasteiger partial charge in [0, 0.05) is 23.0 Å². The molecule has 5 heteroatoms. The molecule has 112 valence electrons. The van der Waals surface area contributed by atoms with Gasteiger partial charge in [-0.1, -0.05) is 15.9 Å². The number of halogens is 1. The number of nitrogens with zero attached hydrogens (tertiary/aromatic N) is 3. The first-order chi connectivity index (χ1) is 10.7. The third-order valence-electron chi connectivity index (χ3n) is 4.83. The van der Waals surface area contributed by atoms with Crippen molar-refractivity contribution in [2.75, 3.05) is 24.7 Å². The van der Waals surface area contributed by atoms with Crippen molar-refractivity contribution in [1.29, 1.82) is 5.26 Å². The van der Waals surface area contributed by atoms with Crippen LogP contribution in [0.5, 0.6) is 0 Å².